The fourth-order valence-electron chi connectivity index (χ4n) is 1.65. The fraction of sp³-hybridized carbons (Fsp3) is 0.143. The highest BCUT2D eigenvalue weighted by molar-refractivity contribution is 6.30. The largest absolute Gasteiger partial charge is 0.324 e. The van der Waals surface area contributed by atoms with Gasteiger partial charge in [0.25, 0.3) is 0 Å². The van der Waals surface area contributed by atoms with E-state index < -0.39 is 0 Å². The van der Waals surface area contributed by atoms with Gasteiger partial charge in [-0.1, -0.05) is 48.0 Å². The zero-order chi connectivity index (χ0) is 11.5. The minimum atomic E-state index is 0.0772. The molecule has 82 valence electrons. The van der Waals surface area contributed by atoms with E-state index in [0.717, 1.165) is 21.7 Å². The summed E-state index contributed by atoms with van der Waals surface area (Å²) in [5.41, 5.74) is 9.24. The molecule has 2 aromatic rings. The summed E-state index contributed by atoms with van der Waals surface area (Å²) in [7, 11) is 0. The van der Waals surface area contributed by atoms with Crippen LogP contribution in [0.3, 0.4) is 0 Å². The lowest BCUT2D eigenvalue weighted by Gasteiger charge is -2.07. The van der Waals surface area contributed by atoms with Crippen molar-refractivity contribution < 1.29 is 0 Å². The number of rotatable bonds is 2. The lowest BCUT2D eigenvalue weighted by Crippen LogP contribution is -2.04. The van der Waals surface area contributed by atoms with Gasteiger partial charge in [-0.05, 0) is 35.7 Å². The second-order valence-electron chi connectivity index (χ2n) is 3.92. The molecule has 0 aromatic heterocycles. The molecule has 1 unspecified atom stereocenters. The van der Waals surface area contributed by atoms with Crippen molar-refractivity contribution >= 4 is 11.6 Å². The van der Waals surface area contributed by atoms with Gasteiger partial charge in [-0.3, -0.25) is 0 Å². The average molecular weight is 232 g/mol. The highest BCUT2D eigenvalue weighted by Crippen LogP contribution is 2.23. The Morgan fingerprint density at radius 1 is 1.00 bits per heavy atom. The topological polar surface area (TPSA) is 26.0 Å². The van der Waals surface area contributed by atoms with Gasteiger partial charge in [-0.15, -0.1) is 0 Å². The molecule has 16 heavy (non-hydrogen) atoms. The first kappa shape index (κ1) is 11.2. The van der Waals surface area contributed by atoms with Gasteiger partial charge in [0.1, 0.15) is 0 Å². The van der Waals surface area contributed by atoms with Crippen molar-refractivity contribution in [3.05, 3.63) is 59.1 Å². The summed E-state index contributed by atoms with van der Waals surface area (Å²) in [5, 5.41) is 0.758. The van der Waals surface area contributed by atoms with Crippen molar-refractivity contribution in [1.29, 1.82) is 0 Å². The Kier molecular flexibility index (Phi) is 3.28. The van der Waals surface area contributed by atoms with Gasteiger partial charge in [0.2, 0.25) is 0 Å². The van der Waals surface area contributed by atoms with Crippen LogP contribution in [0.25, 0.3) is 11.1 Å². The Morgan fingerprint density at radius 3 is 2.25 bits per heavy atom. The van der Waals surface area contributed by atoms with Crippen molar-refractivity contribution in [2.45, 2.75) is 13.0 Å². The summed E-state index contributed by atoms with van der Waals surface area (Å²) in [6.07, 6.45) is 0. The molecule has 2 N–H and O–H groups in total. The first-order valence-corrected chi connectivity index (χ1v) is 5.66. The summed E-state index contributed by atoms with van der Waals surface area (Å²) in [6, 6.07) is 16.2. The third-order valence-electron chi connectivity index (χ3n) is 2.59. The molecule has 0 aliphatic carbocycles. The van der Waals surface area contributed by atoms with Crippen LogP contribution in [-0.2, 0) is 0 Å². The summed E-state index contributed by atoms with van der Waals surface area (Å²) >= 11 is 5.96. The van der Waals surface area contributed by atoms with E-state index in [2.05, 4.69) is 24.3 Å². The van der Waals surface area contributed by atoms with Crippen molar-refractivity contribution in [2.75, 3.05) is 0 Å². The zero-order valence-electron chi connectivity index (χ0n) is 9.15. The van der Waals surface area contributed by atoms with Gasteiger partial charge in [0, 0.05) is 11.1 Å². The van der Waals surface area contributed by atoms with E-state index in [1.165, 1.54) is 0 Å². The van der Waals surface area contributed by atoms with Crippen LogP contribution in [0.2, 0.25) is 5.02 Å². The molecule has 0 heterocycles. The molecule has 0 amide bonds. The lowest BCUT2D eigenvalue weighted by atomic mass is 10.0. The number of hydrogen-bond acceptors (Lipinski definition) is 1. The molecule has 0 aliphatic heterocycles. The molecule has 2 rings (SSSR count). The van der Waals surface area contributed by atoms with Crippen LogP contribution in [0.5, 0.6) is 0 Å². The molecule has 0 fully saturated rings. The first-order valence-electron chi connectivity index (χ1n) is 5.28. The Hall–Kier alpha value is -1.31. The summed E-state index contributed by atoms with van der Waals surface area (Å²) in [4.78, 5) is 0. The Bertz CT molecular complexity index is 474. The highest BCUT2D eigenvalue weighted by atomic mass is 35.5. The number of hydrogen-bond donors (Lipinski definition) is 1. The fourth-order valence-corrected chi connectivity index (χ4v) is 1.84. The average Bonchev–Trinajstić information content (AvgIpc) is 2.29. The number of halogens is 1. The van der Waals surface area contributed by atoms with Crippen molar-refractivity contribution in [3.63, 3.8) is 0 Å². The lowest BCUT2D eigenvalue weighted by molar-refractivity contribution is 0.818. The number of benzene rings is 2. The maximum atomic E-state index is 5.96. The molecule has 0 spiro atoms. The molecular formula is C14H14ClN. The van der Waals surface area contributed by atoms with E-state index in [0.29, 0.717) is 0 Å². The molecule has 2 aromatic carbocycles. The summed E-state index contributed by atoms with van der Waals surface area (Å²) < 4.78 is 0. The van der Waals surface area contributed by atoms with Crippen LogP contribution < -0.4 is 5.73 Å². The molecule has 0 saturated heterocycles. The molecule has 2 heteroatoms. The molecule has 0 bridgehead atoms. The van der Waals surface area contributed by atoms with Crippen LogP contribution in [0, 0.1) is 0 Å². The Morgan fingerprint density at radius 2 is 1.69 bits per heavy atom. The van der Waals surface area contributed by atoms with Crippen LogP contribution in [-0.4, -0.2) is 0 Å². The molecule has 0 radical (unpaired) electrons. The highest BCUT2D eigenvalue weighted by Gasteiger charge is 2.01. The van der Waals surface area contributed by atoms with Crippen molar-refractivity contribution in [2.24, 2.45) is 5.73 Å². The van der Waals surface area contributed by atoms with Gasteiger partial charge in [0.05, 0.1) is 0 Å². The molecular weight excluding hydrogens is 218 g/mol. The van der Waals surface area contributed by atoms with Crippen LogP contribution in [0.4, 0.5) is 0 Å². The molecule has 1 atom stereocenters. The van der Waals surface area contributed by atoms with Crippen molar-refractivity contribution in [1.82, 2.24) is 0 Å². The second-order valence-corrected chi connectivity index (χ2v) is 4.36. The number of nitrogens with two attached hydrogens (primary N) is 1. The van der Waals surface area contributed by atoms with Crippen LogP contribution in [0.15, 0.2) is 48.5 Å². The summed E-state index contributed by atoms with van der Waals surface area (Å²) in [6.45, 7) is 1.98. The van der Waals surface area contributed by atoms with Crippen LogP contribution >= 0.6 is 11.6 Å². The standard InChI is InChI=1S/C14H14ClN/c1-10(16)11-5-7-12(8-6-11)13-3-2-4-14(15)9-13/h2-10H,16H2,1H3. The molecule has 0 aliphatic rings. The Labute approximate surface area is 101 Å². The van der Waals surface area contributed by atoms with Gasteiger partial charge >= 0.3 is 0 Å². The molecule has 1 nitrogen and oxygen atoms in total. The molecule has 0 saturated carbocycles. The van der Waals surface area contributed by atoms with E-state index in [-0.39, 0.29) is 6.04 Å². The normalized spacial score (nSPS) is 12.4. The van der Waals surface area contributed by atoms with E-state index >= 15 is 0 Å². The first-order chi connectivity index (χ1) is 7.66. The van der Waals surface area contributed by atoms with E-state index in [4.69, 9.17) is 17.3 Å². The minimum Gasteiger partial charge on any atom is -0.324 e. The van der Waals surface area contributed by atoms with E-state index in [1.54, 1.807) is 0 Å². The maximum Gasteiger partial charge on any atom is 0.0412 e. The minimum absolute atomic E-state index is 0.0772. The van der Waals surface area contributed by atoms with Crippen molar-refractivity contribution in [3.8, 4) is 11.1 Å². The third kappa shape index (κ3) is 2.43. The second kappa shape index (κ2) is 4.69. The van der Waals surface area contributed by atoms with Crippen LogP contribution in [0.1, 0.15) is 18.5 Å². The van der Waals surface area contributed by atoms with E-state index in [1.807, 2.05) is 31.2 Å². The summed E-state index contributed by atoms with van der Waals surface area (Å²) in [5.74, 6) is 0. The zero-order valence-corrected chi connectivity index (χ0v) is 9.91. The van der Waals surface area contributed by atoms with E-state index in [9.17, 15) is 0 Å². The monoisotopic (exact) mass is 231 g/mol. The SMILES string of the molecule is CC(N)c1ccc(-c2cccc(Cl)c2)cc1. The third-order valence-corrected chi connectivity index (χ3v) is 2.83. The predicted octanol–water partition coefficient (Wildman–Crippen LogP) is 4.03. The predicted molar refractivity (Wildman–Crippen MR) is 69.5 cm³/mol. The quantitative estimate of drug-likeness (QED) is 0.830. The smallest absolute Gasteiger partial charge is 0.0412 e. The van der Waals surface area contributed by atoms with Gasteiger partial charge in [-0.2, -0.15) is 0 Å². The maximum absolute atomic E-state index is 5.96. The van der Waals surface area contributed by atoms with Gasteiger partial charge in [0.15, 0.2) is 0 Å². The Balaban J connectivity index is 2.35. The van der Waals surface area contributed by atoms with Gasteiger partial charge in [-0.25, -0.2) is 0 Å². The van der Waals surface area contributed by atoms with Gasteiger partial charge < -0.3 is 5.73 Å².